The fourth-order valence-electron chi connectivity index (χ4n) is 6.61. The minimum Gasteiger partial charge on any atom is -0.466 e. The molecular formula is C21H30O2. The van der Waals surface area contributed by atoms with Gasteiger partial charge in [-0.15, -0.1) is 0 Å². The molecule has 23 heavy (non-hydrogen) atoms. The van der Waals surface area contributed by atoms with Crippen molar-refractivity contribution in [2.75, 3.05) is 7.11 Å². The van der Waals surface area contributed by atoms with Crippen LogP contribution < -0.4 is 0 Å². The maximum absolute atomic E-state index is 11.9. The average Bonchev–Trinajstić information content (AvgIpc) is 2.95. The van der Waals surface area contributed by atoms with Gasteiger partial charge in [0, 0.05) is 12.0 Å². The van der Waals surface area contributed by atoms with Crippen LogP contribution in [0.5, 0.6) is 0 Å². The molecule has 4 rings (SSSR count). The number of carbonyl (C=O) groups excluding carboxylic acids is 1. The number of carbonyl (C=O) groups is 1. The Bertz CT molecular complexity index is 587. The lowest BCUT2D eigenvalue weighted by molar-refractivity contribution is -0.136. The molecule has 0 amide bonds. The number of esters is 1. The smallest absolute Gasteiger partial charge is 0.333 e. The minimum atomic E-state index is -0.137. The van der Waals surface area contributed by atoms with Crippen molar-refractivity contribution in [1.82, 2.24) is 0 Å². The zero-order chi connectivity index (χ0) is 16.2. The highest BCUT2D eigenvalue weighted by Crippen LogP contribution is 2.64. The van der Waals surface area contributed by atoms with Crippen molar-refractivity contribution in [3.8, 4) is 0 Å². The number of hydrogen-bond acceptors (Lipinski definition) is 2. The van der Waals surface area contributed by atoms with Crippen molar-refractivity contribution >= 4 is 5.97 Å². The molecule has 0 N–H and O–H groups in total. The van der Waals surface area contributed by atoms with E-state index in [1.807, 2.05) is 0 Å². The van der Waals surface area contributed by atoms with E-state index in [-0.39, 0.29) is 11.4 Å². The SMILES string of the molecule is COC(=O)C1=CC[C@@]2(C)C(=CC[C@H]3[C@@H]4CCC[C@@]4(C)CC[C@@H]32)C1. The Morgan fingerprint density at radius 3 is 2.78 bits per heavy atom. The van der Waals surface area contributed by atoms with Gasteiger partial charge in [0.05, 0.1) is 7.11 Å². The zero-order valence-electron chi connectivity index (χ0n) is 14.9. The normalized spacial score (nSPS) is 45.3. The van der Waals surface area contributed by atoms with Gasteiger partial charge in [-0.1, -0.05) is 38.0 Å². The van der Waals surface area contributed by atoms with E-state index in [9.17, 15) is 4.79 Å². The minimum absolute atomic E-state index is 0.137. The first-order valence-electron chi connectivity index (χ1n) is 9.45. The molecule has 0 unspecified atom stereocenters. The van der Waals surface area contributed by atoms with Crippen LogP contribution in [0.1, 0.15) is 65.2 Å². The molecule has 0 aliphatic heterocycles. The summed E-state index contributed by atoms with van der Waals surface area (Å²) in [5.41, 5.74) is 3.29. The Balaban J connectivity index is 1.64. The van der Waals surface area contributed by atoms with Crippen LogP contribution in [0.3, 0.4) is 0 Å². The first-order valence-corrected chi connectivity index (χ1v) is 9.45. The van der Waals surface area contributed by atoms with Crippen molar-refractivity contribution < 1.29 is 9.53 Å². The molecule has 0 saturated heterocycles. The van der Waals surface area contributed by atoms with Crippen LogP contribution in [0.25, 0.3) is 0 Å². The highest BCUT2D eigenvalue weighted by Gasteiger charge is 2.55. The second-order valence-electron chi connectivity index (χ2n) is 8.95. The van der Waals surface area contributed by atoms with Crippen LogP contribution >= 0.6 is 0 Å². The molecule has 0 aromatic carbocycles. The van der Waals surface area contributed by atoms with Crippen molar-refractivity contribution in [2.24, 2.45) is 28.6 Å². The van der Waals surface area contributed by atoms with E-state index in [1.54, 1.807) is 0 Å². The van der Waals surface area contributed by atoms with Crippen LogP contribution in [0.15, 0.2) is 23.3 Å². The molecule has 4 aliphatic rings. The van der Waals surface area contributed by atoms with E-state index in [0.717, 1.165) is 36.2 Å². The summed E-state index contributed by atoms with van der Waals surface area (Å²) in [5, 5.41) is 0. The maximum Gasteiger partial charge on any atom is 0.333 e. The average molecular weight is 314 g/mol. The second-order valence-corrected chi connectivity index (χ2v) is 8.95. The summed E-state index contributed by atoms with van der Waals surface area (Å²) in [6.07, 6.45) is 14.9. The summed E-state index contributed by atoms with van der Waals surface area (Å²) in [4.78, 5) is 11.9. The quantitative estimate of drug-likeness (QED) is 0.500. The molecule has 2 fully saturated rings. The monoisotopic (exact) mass is 314 g/mol. The van der Waals surface area contributed by atoms with Gasteiger partial charge in [0.2, 0.25) is 0 Å². The third kappa shape index (κ3) is 2.16. The number of allylic oxidation sites excluding steroid dienone is 3. The summed E-state index contributed by atoms with van der Waals surface area (Å²) in [6.45, 7) is 5.02. The van der Waals surface area contributed by atoms with Crippen molar-refractivity contribution in [3.63, 3.8) is 0 Å². The van der Waals surface area contributed by atoms with Crippen LogP contribution in [0.2, 0.25) is 0 Å². The number of hydrogen-bond donors (Lipinski definition) is 0. The summed E-state index contributed by atoms with van der Waals surface area (Å²) < 4.78 is 4.94. The van der Waals surface area contributed by atoms with E-state index in [1.165, 1.54) is 51.2 Å². The molecule has 0 spiro atoms. The Labute approximate surface area is 140 Å². The highest BCUT2D eigenvalue weighted by molar-refractivity contribution is 5.89. The fourth-order valence-corrected chi connectivity index (χ4v) is 6.61. The molecule has 2 nitrogen and oxygen atoms in total. The highest BCUT2D eigenvalue weighted by atomic mass is 16.5. The fraction of sp³-hybridized carbons (Fsp3) is 0.762. The number of fused-ring (bicyclic) bond motifs is 5. The van der Waals surface area contributed by atoms with E-state index in [2.05, 4.69) is 26.0 Å². The first-order chi connectivity index (χ1) is 11.0. The lowest BCUT2D eigenvalue weighted by Gasteiger charge is -2.56. The van der Waals surface area contributed by atoms with Gasteiger partial charge in [-0.2, -0.15) is 0 Å². The van der Waals surface area contributed by atoms with Gasteiger partial charge in [-0.3, -0.25) is 0 Å². The molecule has 0 aromatic heterocycles. The van der Waals surface area contributed by atoms with Crippen LogP contribution in [0, 0.1) is 28.6 Å². The predicted octanol–water partition coefficient (Wildman–Crippen LogP) is 5.05. The van der Waals surface area contributed by atoms with E-state index < -0.39 is 0 Å². The molecule has 0 heterocycles. The standard InChI is InChI=1S/C21H30O2/c1-20-10-4-5-17(20)16-7-6-15-13-14(19(22)23-3)8-12-21(15,2)18(16)9-11-20/h6,8,16-18H,4-5,7,9-13H2,1-3H3/t16-,17-,18-,20-,21-/m0/s1. The maximum atomic E-state index is 11.9. The van der Waals surface area contributed by atoms with Gasteiger partial charge in [-0.05, 0) is 67.1 Å². The topological polar surface area (TPSA) is 26.3 Å². The van der Waals surface area contributed by atoms with E-state index >= 15 is 0 Å². The van der Waals surface area contributed by atoms with E-state index in [0.29, 0.717) is 5.41 Å². The van der Waals surface area contributed by atoms with Gasteiger partial charge in [0.1, 0.15) is 0 Å². The molecule has 2 saturated carbocycles. The summed E-state index contributed by atoms with van der Waals surface area (Å²) >= 11 is 0. The Hall–Kier alpha value is -1.05. The molecule has 2 heteroatoms. The van der Waals surface area contributed by atoms with Gasteiger partial charge >= 0.3 is 5.97 Å². The first kappa shape index (κ1) is 15.5. The Morgan fingerprint density at radius 2 is 2.00 bits per heavy atom. The van der Waals surface area contributed by atoms with E-state index in [4.69, 9.17) is 4.74 Å². The molecule has 0 aromatic rings. The number of rotatable bonds is 1. The number of methoxy groups -OCH3 is 1. The van der Waals surface area contributed by atoms with Gasteiger partial charge in [0.25, 0.3) is 0 Å². The lowest BCUT2D eigenvalue weighted by atomic mass is 9.48. The molecule has 0 radical (unpaired) electrons. The predicted molar refractivity (Wildman–Crippen MR) is 91.8 cm³/mol. The van der Waals surface area contributed by atoms with Crippen LogP contribution in [0.4, 0.5) is 0 Å². The summed E-state index contributed by atoms with van der Waals surface area (Å²) in [5.74, 6) is 2.48. The third-order valence-electron chi connectivity index (χ3n) is 8.01. The van der Waals surface area contributed by atoms with Crippen molar-refractivity contribution in [1.29, 1.82) is 0 Å². The molecular weight excluding hydrogens is 284 g/mol. The lowest BCUT2D eigenvalue weighted by Crippen LogP contribution is -2.48. The largest absolute Gasteiger partial charge is 0.466 e. The molecule has 4 aliphatic carbocycles. The molecule has 126 valence electrons. The number of ether oxygens (including phenoxy) is 1. The third-order valence-corrected chi connectivity index (χ3v) is 8.01. The second kappa shape index (κ2) is 5.22. The summed E-state index contributed by atoms with van der Waals surface area (Å²) in [6, 6.07) is 0. The van der Waals surface area contributed by atoms with Gasteiger partial charge < -0.3 is 4.74 Å². The van der Waals surface area contributed by atoms with Gasteiger partial charge in [0.15, 0.2) is 0 Å². The van der Waals surface area contributed by atoms with Crippen molar-refractivity contribution in [3.05, 3.63) is 23.3 Å². The van der Waals surface area contributed by atoms with Crippen molar-refractivity contribution in [2.45, 2.75) is 65.2 Å². The Kier molecular flexibility index (Phi) is 3.52. The Morgan fingerprint density at radius 1 is 1.17 bits per heavy atom. The van der Waals surface area contributed by atoms with Crippen LogP contribution in [-0.4, -0.2) is 13.1 Å². The van der Waals surface area contributed by atoms with Gasteiger partial charge in [-0.25, -0.2) is 4.79 Å². The molecule has 0 bridgehead atoms. The summed E-state index contributed by atoms with van der Waals surface area (Å²) in [7, 11) is 1.49. The zero-order valence-corrected chi connectivity index (χ0v) is 14.9. The van der Waals surface area contributed by atoms with Crippen LogP contribution in [-0.2, 0) is 9.53 Å². The molecule has 5 atom stereocenters.